The van der Waals surface area contributed by atoms with Crippen molar-refractivity contribution in [1.82, 2.24) is 15.5 Å². The molecule has 7 nitrogen and oxygen atoms in total. The minimum absolute atomic E-state index is 0.0523. The van der Waals surface area contributed by atoms with E-state index >= 15 is 0 Å². The van der Waals surface area contributed by atoms with Crippen LogP contribution in [-0.4, -0.2) is 53.6 Å². The molecule has 1 rings (SSSR count). The van der Waals surface area contributed by atoms with E-state index in [-0.39, 0.29) is 18.4 Å². The fraction of sp³-hybridized carbons (Fsp3) is 0.769. The number of rotatable bonds is 7. The number of carboxylic acids is 1. The van der Waals surface area contributed by atoms with Gasteiger partial charge in [-0.25, -0.2) is 4.79 Å². The molecule has 0 bridgehead atoms. The van der Waals surface area contributed by atoms with Gasteiger partial charge >= 0.3 is 12.0 Å². The number of nitrogens with one attached hydrogen (secondary N) is 2. The molecule has 1 heterocycles. The molecule has 7 heteroatoms. The predicted molar refractivity (Wildman–Crippen MR) is 73.3 cm³/mol. The third-order valence-corrected chi connectivity index (χ3v) is 3.24. The summed E-state index contributed by atoms with van der Waals surface area (Å²) in [6, 6.07) is -0.924. The summed E-state index contributed by atoms with van der Waals surface area (Å²) in [5, 5.41) is 13.7. The zero-order chi connectivity index (χ0) is 15.0. The Morgan fingerprint density at radius 2 is 1.85 bits per heavy atom. The van der Waals surface area contributed by atoms with E-state index in [1.807, 2.05) is 0 Å². The van der Waals surface area contributed by atoms with Crippen LogP contribution < -0.4 is 10.6 Å². The van der Waals surface area contributed by atoms with Crippen LogP contribution in [0.2, 0.25) is 0 Å². The van der Waals surface area contributed by atoms with Crippen molar-refractivity contribution in [3.8, 4) is 0 Å². The number of amides is 3. The number of nitrogens with zero attached hydrogens (tertiary/aromatic N) is 1. The molecule has 1 aliphatic rings. The van der Waals surface area contributed by atoms with Gasteiger partial charge in [0.1, 0.15) is 6.04 Å². The van der Waals surface area contributed by atoms with E-state index in [0.717, 1.165) is 25.9 Å². The molecule has 0 radical (unpaired) electrons. The predicted octanol–water partition coefficient (Wildman–Crippen LogP) is 0.551. The van der Waals surface area contributed by atoms with Gasteiger partial charge in [-0.15, -0.1) is 0 Å². The molecule has 3 N–H and O–H groups in total. The highest BCUT2D eigenvalue weighted by Gasteiger charge is 2.24. The second-order valence-corrected chi connectivity index (χ2v) is 5.01. The maximum atomic E-state index is 12.0. The van der Waals surface area contributed by atoms with Crippen molar-refractivity contribution in [3.63, 3.8) is 0 Å². The maximum Gasteiger partial charge on any atom is 0.315 e. The number of carboxylic acid groups (broad SMARTS) is 1. The Morgan fingerprint density at radius 3 is 2.45 bits per heavy atom. The van der Waals surface area contributed by atoms with Crippen LogP contribution in [0.3, 0.4) is 0 Å². The molecule has 1 aliphatic heterocycles. The maximum absolute atomic E-state index is 12.0. The first kappa shape index (κ1) is 16.3. The molecule has 0 aromatic rings. The summed E-state index contributed by atoms with van der Waals surface area (Å²) in [5.74, 6) is -0.886. The Labute approximate surface area is 118 Å². The van der Waals surface area contributed by atoms with Crippen molar-refractivity contribution in [2.24, 2.45) is 0 Å². The van der Waals surface area contributed by atoms with Crippen molar-refractivity contribution < 1.29 is 19.5 Å². The normalized spacial score (nSPS) is 15.8. The standard InChI is InChI=1S/C13H23N3O4/c1-10(12(19)16-8-4-5-9-16)15-13(20)14-7-3-2-6-11(17)18/h10H,2-9H2,1H3,(H,17,18)(H2,14,15,20). The van der Waals surface area contributed by atoms with Crippen LogP contribution in [0.4, 0.5) is 4.79 Å². The Morgan fingerprint density at radius 1 is 1.20 bits per heavy atom. The van der Waals surface area contributed by atoms with Crippen molar-refractivity contribution in [3.05, 3.63) is 0 Å². The summed E-state index contributed by atoms with van der Waals surface area (Å²) in [7, 11) is 0. The van der Waals surface area contributed by atoms with E-state index in [1.165, 1.54) is 0 Å². The van der Waals surface area contributed by atoms with E-state index in [9.17, 15) is 14.4 Å². The fourth-order valence-corrected chi connectivity index (χ4v) is 2.12. The van der Waals surface area contributed by atoms with Gasteiger partial charge in [-0.2, -0.15) is 0 Å². The van der Waals surface area contributed by atoms with Crippen molar-refractivity contribution in [2.45, 2.75) is 45.1 Å². The molecule has 1 fully saturated rings. The number of carbonyl (C=O) groups is 3. The Kier molecular flexibility index (Phi) is 6.83. The summed E-state index contributed by atoms with van der Waals surface area (Å²) < 4.78 is 0. The van der Waals surface area contributed by atoms with Crippen LogP contribution in [0.15, 0.2) is 0 Å². The lowest BCUT2D eigenvalue weighted by atomic mass is 10.2. The number of unbranched alkanes of at least 4 members (excludes halogenated alkanes) is 1. The van der Waals surface area contributed by atoms with Crippen molar-refractivity contribution in [2.75, 3.05) is 19.6 Å². The van der Waals surface area contributed by atoms with Crippen LogP contribution in [0.1, 0.15) is 39.0 Å². The third kappa shape index (κ3) is 5.90. The highest BCUT2D eigenvalue weighted by molar-refractivity contribution is 5.86. The molecule has 1 atom stereocenters. The van der Waals surface area contributed by atoms with E-state index < -0.39 is 12.0 Å². The molecule has 0 aliphatic carbocycles. The summed E-state index contributed by atoms with van der Waals surface area (Å²) >= 11 is 0. The second-order valence-electron chi connectivity index (χ2n) is 5.01. The second kappa shape index (κ2) is 8.39. The van der Waals surface area contributed by atoms with Gasteiger partial charge in [-0.1, -0.05) is 0 Å². The van der Waals surface area contributed by atoms with Crippen LogP contribution in [-0.2, 0) is 9.59 Å². The highest BCUT2D eigenvalue weighted by Crippen LogP contribution is 2.08. The first-order valence-corrected chi connectivity index (χ1v) is 7.05. The molecular weight excluding hydrogens is 262 g/mol. The first-order chi connectivity index (χ1) is 9.50. The monoisotopic (exact) mass is 285 g/mol. The Hall–Kier alpha value is -1.79. The van der Waals surface area contributed by atoms with Crippen LogP contribution in [0, 0.1) is 0 Å². The average Bonchev–Trinajstić information content (AvgIpc) is 2.90. The van der Waals surface area contributed by atoms with Gasteiger partial charge in [-0.05, 0) is 32.6 Å². The molecule has 0 spiro atoms. The van der Waals surface area contributed by atoms with E-state index in [0.29, 0.717) is 19.4 Å². The largest absolute Gasteiger partial charge is 0.481 e. The summed E-state index contributed by atoms with van der Waals surface area (Å²) in [4.78, 5) is 35.6. The van der Waals surface area contributed by atoms with Crippen LogP contribution >= 0.6 is 0 Å². The van der Waals surface area contributed by atoms with Crippen LogP contribution in [0.5, 0.6) is 0 Å². The Balaban J connectivity index is 2.14. The summed E-state index contributed by atoms with van der Waals surface area (Å²) in [6.07, 6.45) is 3.28. The number of hydrogen-bond donors (Lipinski definition) is 3. The molecule has 0 saturated carbocycles. The zero-order valence-electron chi connectivity index (χ0n) is 11.9. The van der Waals surface area contributed by atoms with Gasteiger partial charge in [0, 0.05) is 26.1 Å². The molecule has 114 valence electrons. The molecular formula is C13H23N3O4. The SMILES string of the molecule is CC(NC(=O)NCCCCC(=O)O)C(=O)N1CCCC1. The smallest absolute Gasteiger partial charge is 0.315 e. The van der Waals surface area contributed by atoms with E-state index in [4.69, 9.17) is 5.11 Å². The van der Waals surface area contributed by atoms with E-state index in [1.54, 1.807) is 11.8 Å². The fourth-order valence-electron chi connectivity index (χ4n) is 2.12. The number of urea groups is 1. The lowest BCUT2D eigenvalue weighted by Crippen LogP contribution is -2.49. The minimum atomic E-state index is -0.834. The zero-order valence-corrected chi connectivity index (χ0v) is 11.9. The number of aliphatic carboxylic acids is 1. The topological polar surface area (TPSA) is 98.7 Å². The number of likely N-dealkylation sites (tertiary alicyclic amines) is 1. The van der Waals surface area contributed by atoms with Gasteiger partial charge in [0.25, 0.3) is 0 Å². The number of hydrogen-bond acceptors (Lipinski definition) is 3. The van der Waals surface area contributed by atoms with Gasteiger partial charge in [0.15, 0.2) is 0 Å². The highest BCUT2D eigenvalue weighted by atomic mass is 16.4. The van der Waals surface area contributed by atoms with Crippen molar-refractivity contribution >= 4 is 17.9 Å². The number of carbonyl (C=O) groups excluding carboxylic acids is 2. The van der Waals surface area contributed by atoms with Crippen molar-refractivity contribution in [1.29, 1.82) is 0 Å². The van der Waals surface area contributed by atoms with Gasteiger partial charge in [0.2, 0.25) is 5.91 Å². The quantitative estimate of drug-likeness (QED) is 0.595. The summed E-state index contributed by atoms with van der Waals surface area (Å²) in [6.45, 7) is 3.61. The lowest BCUT2D eigenvalue weighted by Gasteiger charge is -2.21. The van der Waals surface area contributed by atoms with Gasteiger partial charge < -0.3 is 20.6 Å². The molecule has 1 unspecified atom stereocenters. The van der Waals surface area contributed by atoms with Crippen LogP contribution in [0.25, 0.3) is 0 Å². The van der Waals surface area contributed by atoms with Gasteiger partial charge in [0.05, 0.1) is 0 Å². The first-order valence-electron chi connectivity index (χ1n) is 7.05. The third-order valence-electron chi connectivity index (χ3n) is 3.24. The molecule has 3 amide bonds. The molecule has 0 aromatic heterocycles. The van der Waals surface area contributed by atoms with E-state index in [2.05, 4.69) is 10.6 Å². The summed E-state index contributed by atoms with van der Waals surface area (Å²) in [5.41, 5.74) is 0. The lowest BCUT2D eigenvalue weighted by molar-refractivity contribution is -0.137. The Bertz CT molecular complexity index is 354. The molecule has 1 saturated heterocycles. The molecule has 20 heavy (non-hydrogen) atoms. The van der Waals surface area contributed by atoms with Gasteiger partial charge in [-0.3, -0.25) is 9.59 Å². The minimum Gasteiger partial charge on any atom is -0.481 e. The average molecular weight is 285 g/mol. The molecule has 0 aromatic carbocycles.